The molecule has 0 aliphatic heterocycles. The quantitative estimate of drug-likeness (QED) is 0.330. The van der Waals surface area contributed by atoms with Gasteiger partial charge in [-0.15, -0.1) is 0 Å². The Bertz CT molecular complexity index is 1040. The first kappa shape index (κ1) is 21.4. The third kappa shape index (κ3) is 4.77. The third-order valence-electron chi connectivity index (χ3n) is 5.65. The maximum Gasteiger partial charge on any atom is 0.337 e. The molecule has 1 unspecified atom stereocenters. The first-order chi connectivity index (χ1) is 15.0. The summed E-state index contributed by atoms with van der Waals surface area (Å²) in [6.45, 7) is 2.06. The van der Waals surface area contributed by atoms with Gasteiger partial charge in [-0.3, -0.25) is 0 Å². The fraction of sp³-hybridized carbons (Fsp3) is 0.269. The standard InChI is InChI=1S/C26H26FO3S/c1-26(16-6-7-17-26)30-24-18-22(14-15-23(24)27)31(20-8-4-3-5-9-20)21-12-10-19(11-13-21)25(28)29-2/h3-5,8-15,18H,6-7,16-17H2,1-2H3/q+1. The molecule has 0 spiro atoms. The van der Waals surface area contributed by atoms with Gasteiger partial charge < -0.3 is 9.47 Å². The van der Waals surface area contributed by atoms with Crippen LogP contribution in [0.5, 0.6) is 5.75 Å². The smallest absolute Gasteiger partial charge is 0.337 e. The van der Waals surface area contributed by atoms with Crippen LogP contribution in [0.3, 0.4) is 0 Å². The van der Waals surface area contributed by atoms with E-state index in [1.54, 1.807) is 12.1 Å². The Balaban J connectivity index is 1.74. The molecule has 1 fully saturated rings. The molecule has 4 rings (SSSR count). The molecule has 0 saturated heterocycles. The van der Waals surface area contributed by atoms with Gasteiger partial charge in [-0.2, -0.15) is 0 Å². The van der Waals surface area contributed by atoms with E-state index >= 15 is 0 Å². The lowest BCUT2D eigenvalue weighted by atomic mass is 10.1. The molecule has 0 heterocycles. The summed E-state index contributed by atoms with van der Waals surface area (Å²) in [7, 11) is 0.899. The van der Waals surface area contributed by atoms with Crippen LogP contribution in [0.2, 0.25) is 0 Å². The molecule has 0 radical (unpaired) electrons. The van der Waals surface area contributed by atoms with Crippen molar-refractivity contribution in [2.45, 2.75) is 52.9 Å². The molecule has 0 N–H and O–H groups in total. The first-order valence-electron chi connectivity index (χ1n) is 10.5. The number of ether oxygens (including phenoxy) is 2. The van der Waals surface area contributed by atoms with Crippen LogP contribution in [0.15, 0.2) is 87.5 Å². The zero-order chi connectivity index (χ0) is 21.8. The first-order valence-corrected chi connectivity index (χ1v) is 11.7. The average molecular weight is 438 g/mol. The minimum Gasteiger partial charge on any atom is -0.484 e. The van der Waals surface area contributed by atoms with E-state index in [9.17, 15) is 9.18 Å². The number of methoxy groups -OCH3 is 1. The molecule has 160 valence electrons. The van der Waals surface area contributed by atoms with Crippen LogP contribution in [0, 0.1) is 5.82 Å². The number of hydrogen-bond acceptors (Lipinski definition) is 3. The number of benzene rings is 3. The van der Waals surface area contributed by atoms with Gasteiger partial charge in [-0.25, -0.2) is 9.18 Å². The molecule has 0 aromatic heterocycles. The van der Waals surface area contributed by atoms with Gasteiger partial charge in [-0.05, 0) is 81.1 Å². The Labute approximate surface area is 185 Å². The van der Waals surface area contributed by atoms with E-state index in [4.69, 9.17) is 9.47 Å². The van der Waals surface area contributed by atoms with Crippen LogP contribution < -0.4 is 4.74 Å². The lowest BCUT2D eigenvalue weighted by Crippen LogP contribution is -2.28. The third-order valence-corrected chi connectivity index (χ3v) is 7.86. The highest BCUT2D eigenvalue weighted by atomic mass is 32.2. The van der Waals surface area contributed by atoms with Crippen molar-refractivity contribution in [1.29, 1.82) is 0 Å². The van der Waals surface area contributed by atoms with Crippen LogP contribution in [0.1, 0.15) is 43.0 Å². The van der Waals surface area contributed by atoms with Gasteiger partial charge in [0.1, 0.15) is 5.60 Å². The number of rotatable bonds is 6. The number of halogens is 1. The fourth-order valence-corrected chi connectivity index (χ4v) is 6.07. The number of carbonyl (C=O) groups is 1. The van der Waals surface area contributed by atoms with E-state index in [-0.39, 0.29) is 17.4 Å². The minimum absolute atomic E-state index is 0.307. The Kier molecular flexibility index (Phi) is 6.33. The van der Waals surface area contributed by atoms with Crippen molar-refractivity contribution in [1.82, 2.24) is 0 Å². The molecule has 3 nitrogen and oxygen atoms in total. The van der Waals surface area contributed by atoms with Gasteiger partial charge >= 0.3 is 5.97 Å². The molecule has 3 aromatic carbocycles. The Morgan fingerprint density at radius 3 is 2.16 bits per heavy atom. The summed E-state index contributed by atoms with van der Waals surface area (Å²) in [5, 5.41) is 0. The summed E-state index contributed by atoms with van der Waals surface area (Å²) in [6, 6.07) is 22.7. The zero-order valence-corrected chi connectivity index (χ0v) is 18.6. The number of hydrogen-bond donors (Lipinski definition) is 0. The predicted octanol–water partition coefficient (Wildman–Crippen LogP) is 6.42. The highest BCUT2D eigenvalue weighted by Gasteiger charge is 2.34. The van der Waals surface area contributed by atoms with E-state index in [1.165, 1.54) is 13.2 Å². The van der Waals surface area contributed by atoms with Crippen molar-refractivity contribution in [3.63, 3.8) is 0 Å². The van der Waals surface area contributed by atoms with Crippen molar-refractivity contribution in [2.75, 3.05) is 7.11 Å². The highest BCUT2D eigenvalue weighted by Crippen LogP contribution is 2.38. The second kappa shape index (κ2) is 9.15. The summed E-state index contributed by atoms with van der Waals surface area (Å²) in [4.78, 5) is 14.9. The number of esters is 1. The van der Waals surface area contributed by atoms with E-state index in [0.717, 1.165) is 40.4 Å². The maximum absolute atomic E-state index is 14.7. The van der Waals surface area contributed by atoms with Crippen molar-refractivity contribution >= 4 is 16.9 Å². The van der Waals surface area contributed by atoms with Crippen molar-refractivity contribution in [3.05, 3.63) is 84.2 Å². The topological polar surface area (TPSA) is 35.5 Å². The zero-order valence-electron chi connectivity index (χ0n) is 17.8. The Hall–Kier alpha value is -2.79. The molecule has 31 heavy (non-hydrogen) atoms. The lowest BCUT2D eigenvalue weighted by Gasteiger charge is -2.26. The monoisotopic (exact) mass is 437 g/mol. The van der Waals surface area contributed by atoms with E-state index in [1.807, 2.05) is 42.5 Å². The van der Waals surface area contributed by atoms with Crippen LogP contribution in [-0.2, 0) is 15.6 Å². The van der Waals surface area contributed by atoms with Gasteiger partial charge in [-0.1, -0.05) is 18.2 Å². The largest absolute Gasteiger partial charge is 0.484 e. The van der Waals surface area contributed by atoms with Crippen LogP contribution in [0.25, 0.3) is 0 Å². The van der Waals surface area contributed by atoms with Crippen molar-refractivity contribution in [3.8, 4) is 5.75 Å². The average Bonchev–Trinajstić information content (AvgIpc) is 3.23. The molecule has 0 amide bonds. The van der Waals surface area contributed by atoms with E-state index in [0.29, 0.717) is 11.3 Å². The van der Waals surface area contributed by atoms with Crippen LogP contribution in [0.4, 0.5) is 4.39 Å². The van der Waals surface area contributed by atoms with Gasteiger partial charge in [0.15, 0.2) is 26.3 Å². The summed E-state index contributed by atoms with van der Waals surface area (Å²) >= 11 is 0. The maximum atomic E-state index is 14.7. The molecule has 0 bridgehead atoms. The van der Waals surface area contributed by atoms with Gasteiger partial charge in [0.05, 0.1) is 23.6 Å². The molecule has 1 aliphatic carbocycles. The van der Waals surface area contributed by atoms with Crippen molar-refractivity contribution in [2.24, 2.45) is 0 Å². The van der Waals surface area contributed by atoms with Crippen LogP contribution >= 0.6 is 0 Å². The second-order valence-corrected chi connectivity index (χ2v) is 10.0. The normalized spacial score (nSPS) is 16.0. The fourth-order valence-electron chi connectivity index (χ4n) is 3.99. The van der Waals surface area contributed by atoms with E-state index < -0.39 is 10.9 Å². The molecule has 3 aromatic rings. The molecule has 5 heteroatoms. The minimum atomic E-state index is -0.472. The summed E-state index contributed by atoms with van der Waals surface area (Å²) in [5.41, 5.74) is 0.188. The van der Waals surface area contributed by atoms with Crippen molar-refractivity contribution < 1.29 is 18.7 Å². The molecule has 1 saturated carbocycles. The van der Waals surface area contributed by atoms with Gasteiger partial charge in [0.25, 0.3) is 0 Å². The Morgan fingerprint density at radius 2 is 1.52 bits per heavy atom. The summed E-state index contributed by atoms with van der Waals surface area (Å²) in [5.74, 6) is -0.399. The highest BCUT2D eigenvalue weighted by molar-refractivity contribution is 7.97. The summed E-state index contributed by atoms with van der Waals surface area (Å²) < 4.78 is 25.7. The lowest BCUT2D eigenvalue weighted by molar-refractivity contribution is 0.0600. The predicted molar refractivity (Wildman–Crippen MR) is 120 cm³/mol. The molecule has 1 aliphatic rings. The summed E-state index contributed by atoms with van der Waals surface area (Å²) in [6.07, 6.45) is 4.10. The van der Waals surface area contributed by atoms with Gasteiger partial charge in [0.2, 0.25) is 0 Å². The Morgan fingerprint density at radius 1 is 0.903 bits per heavy atom. The number of carbonyl (C=O) groups excluding carboxylic acids is 1. The van der Waals surface area contributed by atoms with Gasteiger partial charge in [0, 0.05) is 6.07 Å². The van der Waals surface area contributed by atoms with E-state index in [2.05, 4.69) is 19.1 Å². The molecular weight excluding hydrogens is 411 g/mol. The second-order valence-electron chi connectivity index (χ2n) is 7.99. The SMILES string of the molecule is COC(=O)c1ccc([S+](c2ccccc2)c2ccc(F)c(OC3(C)CCCC3)c2)cc1. The molecule has 1 atom stereocenters. The van der Waals surface area contributed by atoms with Crippen LogP contribution in [-0.4, -0.2) is 18.7 Å². The molecular formula is C26H26FO3S+.